The fourth-order valence-electron chi connectivity index (χ4n) is 1.35. The number of nitrogens with zero attached hydrogens (tertiary/aromatic N) is 2. The summed E-state index contributed by atoms with van der Waals surface area (Å²) in [5, 5.41) is 7.32. The molecular weight excluding hydrogens is 140 g/mol. The second kappa shape index (κ2) is 3.19. The van der Waals surface area contributed by atoms with Crippen molar-refractivity contribution in [2.24, 2.45) is 5.73 Å². The molecule has 0 aromatic rings. The monoisotopic (exact) mass is 156 g/mol. The summed E-state index contributed by atoms with van der Waals surface area (Å²) >= 11 is 0. The zero-order valence-electron chi connectivity index (χ0n) is 7.17. The molecule has 0 aromatic carbocycles. The molecule has 0 saturated carbocycles. The van der Waals surface area contributed by atoms with Gasteiger partial charge in [0.2, 0.25) is 0 Å². The zero-order valence-corrected chi connectivity index (χ0v) is 7.17. The van der Waals surface area contributed by atoms with E-state index < -0.39 is 0 Å². The summed E-state index contributed by atoms with van der Waals surface area (Å²) in [6.45, 7) is 2.95. The van der Waals surface area contributed by atoms with Crippen molar-refractivity contribution >= 4 is 5.84 Å². The maximum Gasteiger partial charge on any atom is 0.110 e. The van der Waals surface area contributed by atoms with Crippen LogP contribution in [0.5, 0.6) is 0 Å². The molecule has 1 unspecified atom stereocenters. The third kappa shape index (κ3) is 1.91. The number of nitrogens with two attached hydrogens (primary N) is 1. The van der Waals surface area contributed by atoms with Gasteiger partial charge in [0.15, 0.2) is 0 Å². The summed E-state index contributed by atoms with van der Waals surface area (Å²) in [4.78, 5) is 4.33. The lowest BCUT2D eigenvalue weighted by atomic mass is 10.2. The fraction of sp³-hybridized carbons (Fsp3) is 0.857. The van der Waals surface area contributed by atoms with Crippen molar-refractivity contribution in [3.05, 3.63) is 0 Å². The highest BCUT2D eigenvalue weighted by atomic mass is 15.3. The minimum atomic E-state index is 0.119. The smallest absolute Gasteiger partial charge is 0.110 e. The van der Waals surface area contributed by atoms with Crippen molar-refractivity contribution in [2.75, 3.05) is 33.7 Å². The van der Waals surface area contributed by atoms with Crippen LogP contribution < -0.4 is 5.73 Å². The van der Waals surface area contributed by atoms with Gasteiger partial charge >= 0.3 is 0 Å². The lowest BCUT2D eigenvalue weighted by Gasteiger charge is -2.36. The van der Waals surface area contributed by atoms with E-state index in [4.69, 9.17) is 11.1 Å². The van der Waals surface area contributed by atoms with E-state index in [0.717, 1.165) is 19.6 Å². The first-order valence-corrected chi connectivity index (χ1v) is 3.84. The molecule has 0 aliphatic carbocycles. The van der Waals surface area contributed by atoms with E-state index >= 15 is 0 Å². The number of likely N-dealkylation sites (N-methyl/N-ethyl adjacent to an activating group) is 2. The second-order valence-electron chi connectivity index (χ2n) is 3.21. The van der Waals surface area contributed by atoms with E-state index in [0.29, 0.717) is 0 Å². The second-order valence-corrected chi connectivity index (χ2v) is 3.21. The van der Waals surface area contributed by atoms with E-state index in [1.807, 2.05) is 7.05 Å². The van der Waals surface area contributed by atoms with E-state index in [1.165, 1.54) is 0 Å². The summed E-state index contributed by atoms with van der Waals surface area (Å²) in [5.74, 6) is 0.277. The van der Waals surface area contributed by atoms with Crippen molar-refractivity contribution in [3.8, 4) is 0 Å². The number of piperazine rings is 1. The number of rotatable bonds is 1. The van der Waals surface area contributed by atoms with Crippen LogP contribution in [0.4, 0.5) is 0 Å². The molecule has 0 radical (unpaired) electrons. The minimum absolute atomic E-state index is 0.119. The number of amidine groups is 1. The Morgan fingerprint density at radius 3 is 2.55 bits per heavy atom. The van der Waals surface area contributed by atoms with Gasteiger partial charge in [0, 0.05) is 19.6 Å². The molecule has 1 heterocycles. The van der Waals surface area contributed by atoms with Crippen LogP contribution in [0.3, 0.4) is 0 Å². The molecular formula is C7H16N4. The maximum atomic E-state index is 7.32. The average Bonchev–Trinajstić information content (AvgIpc) is 1.94. The number of nitrogens with one attached hydrogen (secondary N) is 1. The molecule has 1 rings (SSSR count). The maximum absolute atomic E-state index is 7.32. The highest BCUT2D eigenvalue weighted by Crippen LogP contribution is 2.04. The Hall–Kier alpha value is -0.610. The van der Waals surface area contributed by atoms with Crippen molar-refractivity contribution in [1.29, 1.82) is 5.41 Å². The summed E-state index contributed by atoms with van der Waals surface area (Å²) in [6.07, 6.45) is 0. The van der Waals surface area contributed by atoms with E-state index in [-0.39, 0.29) is 11.9 Å². The van der Waals surface area contributed by atoms with Crippen molar-refractivity contribution in [3.63, 3.8) is 0 Å². The van der Waals surface area contributed by atoms with Gasteiger partial charge in [-0.25, -0.2) is 0 Å². The molecule has 1 aliphatic rings. The van der Waals surface area contributed by atoms with Gasteiger partial charge in [0.05, 0.1) is 6.04 Å². The normalized spacial score (nSPS) is 28.7. The van der Waals surface area contributed by atoms with Crippen molar-refractivity contribution < 1.29 is 0 Å². The largest absolute Gasteiger partial charge is 0.386 e. The van der Waals surface area contributed by atoms with Gasteiger partial charge in [-0.2, -0.15) is 0 Å². The molecule has 1 fully saturated rings. The average molecular weight is 156 g/mol. The van der Waals surface area contributed by atoms with Crippen LogP contribution in [0.25, 0.3) is 0 Å². The van der Waals surface area contributed by atoms with Gasteiger partial charge in [0.1, 0.15) is 5.84 Å². The SMILES string of the molecule is CN1CCN(C)C(C(=N)N)C1. The summed E-state index contributed by atoms with van der Waals surface area (Å²) in [5.41, 5.74) is 5.43. The first-order valence-electron chi connectivity index (χ1n) is 3.84. The molecule has 0 spiro atoms. The van der Waals surface area contributed by atoms with Crippen LogP contribution in [0, 0.1) is 5.41 Å². The standard InChI is InChI=1S/C7H16N4/c1-10-3-4-11(2)6(5-10)7(8)9/h6H,3-5H2,1-2H3,(H3,8,9). The van der Waals surface area contributed by atoms with E-state index in [1.54, 1.807) is 0 Å². The quantitative estimate of drug-likeness (QED) is 0.385. The Labute approximate surface area is 67.5 Å². The van der Waals surface area contributed by atoms with Gasteiger partial charge in [-0.3, -0.25) is 10.3 Å². The molecule has 4 nitrogen and oxygen atoms in total. The summed E-state index contributed by atoms with van der Waals surface area (Å²) in [7, 11) is 4.07. The topological polar surface area (TPSA) is 56.4 Å². The number of hydrogen-bond acceptors (Lipinski definition) is 3. The highest BCUT2D eigenvalue weighted by molar-refractivity contribution is 5.83. The van der Waals surface area contributed by atoms with Crippen LogP contribution in [0.2, 0.25) is 0 Å². The Bertz CT molecular complexity index is 157. The molecule has 64 valence electrons. The zero-order chi connectivity index (χ0) is 8.43. The molecule has 1 atom stereocenters. The molecule has 0 aromatic heterocycles. The van der Waals surface area contributed by atoms with Crippen LogP contribution in [-0.2, 0) is 0 Å². The Morgan fingerprint density at radius 1 is 1.45 bits per heavy atom. The molecule has 1 saturated heterocycles. The van der Waals surface area contributed by atoms with Crippen LogP contribution in [-0.4, -0.2) is 55.4 Å². The molecule has 1 aliphatic heterocycles. The predicted octanol–water partition coefficient (Wildman–Crippen LogP) is -0.832. The predicted molar refractivity (Wildman–Crippen MR) is 45.8 cm³/mol. The highest BCUT2D eigenvalue weighted by Gasteiger charge is 2.23. The van der Waals surface area contributed by atoms with Crippen LogP contribution in [0.1, 0.15) is 0 Å². The fourth-order valence-corrected chi connectivity index (χ4v) is 1.35. The van der Waals surface area contributed by atoms with Crippen LogP contribution in [0.15, 0.2) is 0 Å². The van der Waals surface area contributed by atoms with Gasteiger partial charge in [-0.1, -0.05) is 0 Å². The lowest BCUT2D eigenvalue weighted by molar-refractivity contribution is 0.150. The minimum Gasteiger partial charge on any atom is -0.386 e. The Morgan fingerprint density at radius 2 is 2.09 bits per heavy atom. The van der Waals surface area contributed by atoms with E-state index in [2.05, 4.69) is 16.8 Å². The van der Waals surface area contributed by atoms with Gasteiger partial charge in [0.25, 0.3) is 0 Å². The van der Waals surface area contributed by atoms with E-state index in [9.17, 15) is 0 Å². The summed E-state index contributed by atoms with van der Waals surface area (Å²) < 4.78 is 0. The van der Waals surface area contributed by atoms with Crippen molar-refractivity contribution in [2.45, 2.75) is 6.04 Å². The third-order valence-electron chi connectivity index (χ3n) is 2.21. The third-order valence-corrected chi connectivity index (χ3v) is 2.21. The van der Waals surface area contributed by atoms with Crippen LogP contribution >= 0.6 is 0 Å². The Kier molecular flexibility index (Phi) is 2.46. The molecule has 11 heavy (non-hydrogen) atoms. The van der Waals surface area contributed by atoms with Gasteiger partial charge in [-0.15, -0.1) is 0 Å². The molecule has 0 amide bonds. The van der Waals surface area contributed by atoms with Crippen molar-refractivity contribution in [1.82, 2.24) is 9.80 Å². The molecule has 4 heteroatoms. The first kappa shape index (κ1) is 8.49. The Balaban J connectivity index is 2.54. The van der Waals surface area contributed by atoms with Gasteiger partial charge in [-0.05, 0) is 14.1 Å². The summed E-state index contributed by atoms with van der Waals surface area (Å²) in [6, 6.07) is 0.119. The molecule has 0 bridgehead atoms. The lowest BCUT2D eigenvalue weighted by Crippen LogP contribution is -2.55. The number of hydrogen-bond donors (Lipinski definition) is 2. The molecule has 3 N–H and O–H groups in total. The van der Waals surface area contributed by atoms with Gasteiger partial charge < -0.3 is 10.6 Å². The first-order chi connectivity index (χ1) is 5.11.